The Morgan fingerprint density at radius 2 is 2.28 bits per heavy atom. The number of hydrogen-bond donors (Lipinski definition) is 0. The molecule has 2 saturated heterocycles. The molecule has 3 rings (SSSR count). The minimum Gasteiger partial charge on any atom is -0.332 e. The maximum absolute atomic E-state index is 12.5. The van der Waals surface area contributed by atoms with Crippen molar-refractivity contribution in [2.75, 3.05) is 19.6 Å². The van der Waals surface area contributed by atoms with Gasteiger partial charge in [-0.25, -0.2) is 0 Å². The second-order valence-corrected chi connectivity index (χ2v) is 7.66. The third kappa shape index (κ3) is 2.24. The molecule has 5 heteroatoms. The van der Waals surface area contributed by atoms with Crippen LogP contribution in [0.4, 0.5) is 0 Å². The van der Waals surface area contributed by atoms with E-state index in [0.717, 1.165) is 21.8 Å². The molecule has 18 heavy (non-hydrogen) atoms. The van der Waals surface area contributed by atoms with E-state index in [2.05, 4.69) is 32.7 Å². The van der Waals surface area contributed by atoms with Crippen LogP contribution >= 0.6 is 27.3 Å². The average Bonchev–Trinajstić information content (AvgIpc) is 2.95. The van der Waals surface area contributed by atoms with Gasteiger partial charge in [0.15, 0.2) is 0 Å². The van der Waals surface area contributed by atoms with Gasteiger partial charge in [0.2, 0.25) is 0 Å². The fraction of sp³-hybridized carbons (Fsp3) is 0.615. The SMILES string of the molecule is CC1CN2CCCC2CN1C(=O)c1ccc(Br)s1. The predicted molar refractivity (Wildman–Crippen MR) is 77.1 cm³/mol. The molecule has 1 amide bonds. The highest BCUT2D eigenvalue weighted by Gasteiger charge is 2.36. The maximum Gasteiger partial charge on any atom is 0.264 e. The van der Waals surface area contributed by atoms with E-state index in [9.17, 15) is 4.79 Å². The van der Waals surface area contributed by atoms with Crippen LogP contribution in [0.2, 0.25) is 0 Å². The fourth-order valence-electron chi connectivity index (χ4n) is 3.04. The Hall–Kier alpha value is -0.390. The monoisotopic (exact) mass is 328 g/mol. The van der Waals surface area contributed by atoms with Gasteiger partial charge in [-0.05, 0) is 54.4 Å². The summed E-state index contributed by atoms with van der Waals surface area (Å²) in [5.74, 6) is 0.199. The summed E-state index contributed by atoms with van der Waals surface area (Å²) in [6.07, 6.45) is 2.52. The van der Waals surface area contributed by atoms with Crippen molar-refractivity contribution in [1.82, 2.24) is 9.80 Å². The zero-order valence-corrected chi connectivity index (χ0v) is 12.8. The van der Waals surface area contributed by atoms with Crippen LogP contribution in [0.1, 0.15) is 29.4 Å². The molecule has 0 radical (unpaired) electrons. The fourth-order valence-corrected chi connectivity index (χ4v) is 4.38. The number of nitrogens with zero attached hydrogens (tertiary/aromatic N) is 2. The Balaban J connectivity index is 1.77. The number of piperazine rings is 1. The van der Waals surface area contributed by atoms with Crippen molar-refractivity contribution in [3.63, 3.8) is 0 Å². The second-order valence-electron chi connectivity index (χ2n) is 5.20. The number of amides is 1. The summed E-state index contributed by atoms with van der Waals surface area (Å²) in [7, 11) is 0. The Kier molecular flexibility index (Phi) is 3.47. The molecule has 1 aromatic rings. The molecule has 3 heterocycles. The lowest BCUT2D eigenvalue weighted by Gasteiger charge is -2.42. The number of carbonyl (C=O) groups excluding carboxylic acids is 1. The van der Waals surface area contributed by atoms with Crippen molar-refractivity contribution in [1.29, 1.82) is 0 Å². The number of carbonyl (C=O) groups is 1. The third-order valence-electron chi connectivity index (χ3n) is 3.98. The highest BCUT2D eigenvalue weighted by Crippen LogP contribution is 2.28. The van der Waals surface area contributed by atoms with Crippen molar-refractivity contribution in [2.45, 2.75) is 31.8 Å². The topological polar surface area (TPSA) is 23.6 Å². The minimum atomic E-state index is 0.199. The van der Waals surface area contributed by atoms with Crippen LogP contribution < -0.4 is 0 Å². The van der Waals surface area contributed by atoms with Crippen molar-refractivity contribution in [3.8, 4) is 0 Å². The van der Waals surface area contributed by atoms with Gasteiger partial charge < -0.3 is 4.90 Å². The van der Waals surface area contributed by atoms with Gasteiger partial charge >= 0.3 is 0 Å². The zero-order valence-electron chi connectivity index (χ0n) is 10.4. The van der Waals surface area contributed by atoms with Crippen molar-refractivity contribution in [2.24, 2.45) is 0 Å². The van der Waals surface area contributed by atoms with Crippen LogP contribution in [0.5, 0.6) is 0 Å². The molecule has 0 saturated carbocycles. The summed E-state index contributed by atoms with van der Waals surface area (Å²) in [5.41, 5.74) is 0. The second kappa shape index (κ2) is 4.94. The van der Waals surface area contributed by atoms with E-state index in [0.29, 0.717) is 12.1 Å². The van der Waals surface area contributed by atoms with E-state index in [1.165, 1.54) is 30.7 Å². The van der Waals surface area contributed by atoms with E-state index in [4.69, 9.17) is 0 Å². The van der Waals surface area contributed by atoms with Gasteiger partial charge in [-0.15, -0.1) is 11.3 Å². The molecule has 0 N–H and O–H groups in total. The first-order valence-electron chi connectivity index (χ1n) is 6.45. The summed E-state index contributed by atoms with van der Waals surface area (Å²) in [5, 5.41) is 0. The van der Waals surface area contributed by atoms with E-state index >= 15 is 0 Å². The van der Waals surface area contributed by atoms with Gasteiger partial charge in [0.1, 0.15) is 0 Å². The van der Waals surface area contributed by atoms with Crippen molar-refractivity contribution >= 4 is 33.2 Å². The summed E-state index contributed by atoms with van der Waals surface area (Å²) in [4.78, 5) is 18.0. The molecular formula is C13H17BrN2OS. The highest BCUT2D eigenvalue weighted by molar-refractivity contribution is 9.11. The van der Waals surface area contributed by atoms with Gasteiger partial charge in [0, 0.05) is 25.2 Å². The first-order chi connectivity index (χ1) is 8.65. The van der Waals surface area contributed by atoms with Gasteiger partial charge in [0.25, 0.3) is 5.91 Å². The maximum atomic E-state index is 12.5. The quantitative estimate of drug-likeness (QED) is 0.791. The van der Waals surface area contributed by atoms with Gasteiger partial charge in [-0.2, -0.15) is 0 Å². The summed E-state index contributed by atoms with van der Waals surface area (Å²) in [6, 6.07) is 4.79. The lowest BCUT2D eigenvalue weighted by Crippen LogP contribution is -2.56. The minimum absolute atomic E-state index is 0.199. The van der Waals surface area contributed by atoms with Gasteiger partial charge in [-0.1, -0.05) is 0 Å². The Labute approximate surface area is 120 Å². The summed E-state index contributed by atoms with van der Waals surface area (Å²) < 4.78 is 1.03. The Bertz CT molecular complexity index is 462. The molecular weight excluding hydrogens is 312 g/mol. The molecule has 0 spiro atoms. The largest absolute Gasteiger partial charge is 0.332 e. The number of halogens is 1. The van der Waals surface area contributed by atoms with E-state index in [-0.39, 0.29) is 5.91 Å². The molecule has 0 aromatic carbocycles. The van der Waals surface area contributed by atoms with Gasteiger partial charge in [-0.3, -0.25) is 9.69 Å². The Morgan fingerprint density at radius 1 is 1.44 bits per heavy atom. The molecule has 98 valence electrons. The molecule has 2 aliphatic heterocycles. The zero-order chi connectivity index (χ0) is 12.7. The van der Waals surface area contributed by atoms with Crippen LogP contribution in [0.15, 0.2) is 15.9 Å². The van der Waals surface area contributed by atoms with Crippen molar-refractivity contribution < 1.29 is 4.79 Å². The highest BCUT2D eigenvalue weighted by atomic mass is 79.9. The van der Waals surface area contributed by atoms with E-state index < -0.39 is 0 Å². The van der Waals surface area contributed by atoms with Crippen molar-refractivity contribution in [3.05, 3.63) is 20.8 Å². The lowest BCUT2D eigenvalue weighted by atomic mass is 10.1. The van der Waals surface area contributed by atoms with E-state index in [1.54, 1.807) is 0 Å². The average molecular weight is 329 g/mol. The molecule has 1 aromatic heterocycles. The number of fused-ring (bicyclic) bond motifs is 1. The molecule has 2 unspecified atom stereocenters. The van der Waals surface area contributed by atoms with Crippen LogP contribution in [0, 0.1) is 0 Å². The molecule has 3 nitrogen and oxygen atoms in total. The van der Waals surface area contributed by atoms with Crippen LogP contribution in [0.25, 0.3) is 0 Å². The third-order valence-corrected chi connectivity index (χ3v) is 5.59. The van der Waals surface area contributed by atoms with Crippen LogP contribution in [0.3, 0.4) is 0 Å². The van der Waals surface area contributed by atoms with Gasteiger partial charge in [0.05, 0.1) is 8.66 Å². The number of rotatable bonds is 1. The molecule has 2 fully saturated rings. The summed E-state index contributed by atoms with van der Waals surface area (Å²) in [6.45, 7) is 5.30. The first-order valence-corrected chi connectivity index (χ1v) is 8.06. The molecule has 0 bridgehead atoms. The Morgan fingerprint density at radius 3 is 3.00 bits per heavy atom. The normalized spacial score (nSPS) is 28.4. The smallest absolute Gasteiger partial charge is 0.264 e. The standard InChI is InChI=1S/C13H17BrN2OS/c1-9-7-15-6-2-3-10(15)8-16(9)13(17)11-4-5-12(14)18-11/h4-5,9-10H,2-3,6-8H2,1H3. The lowest BCUT2D eigenvalue weighted by molar-refractivity contribution is 0.0400. The first kappa shape index (κ1) is 12.6. The molecule has 2 aliphatic rings. The van der Waals surface area contributed by atoms with Crippen LogP contribution in [-0.2, 0) is 0 Å². The van der Waals surface area contributed by atoms with E-state index in [1.807, 2.05) is 12.1 Å². The number of hydrogen-bond acceptors (Lipinski definition) is 3. The number of thiophene rings is 1. The predicted octanol–water partition coefficient (Wildman–Crippen LogP) is 2.82. The molecule has 2 atom stereocenters. The molecule has 0 aliphatic carbocycles. The summed E-state index contributed by atoms with van der Waals surface area (Å²) >= 11 is 4.95. The van der Waals surface area contributed by atoms with Crippen LogP contribution in [-0.4, -0.2) is 47.4 Å².